The van der Waals surface area contributed by atoms with Crippen molar-refractivity contribution in [2.75, 3.05) is 4.90 Å². The third kappa shape index (κ3) is 3.81. The molecule has 2 aromatic carbocycles. The zero-order valence-corrected chi connectivity index (χ0v) is 19.8. The van der Waals surface area contributed by atoms with Gasteiger partial charge in [-0.2, -0.15) is 0 Å². The number of hydrogen-bond acceptors (Lipinski definition) is 2. The molecule has 0 spiro atoms. The number of thiocarbonyl (C=S) groups is 1. The molecule has 4 nitrogen and oxygen atoms in total. The van der Waals surface area contributed by atoms with Crippen molar-refractivity contribution in [3.8, 4) is 5.69 Å². The molecule has 8 heteroatoms. The fraction of sp³-hybridized carbons (Fsp3) is 0.0833. The van der Waals surface area contributed by atoms with Crippen LogP contribution in [0.15, 0.2) is 89.7 Å². The lowest BCUT2D eigenvalue weighted by atomic mass is 10.0. The summed E-state index contributed by atoms with van der Waals surface area (Å²) in [5.41, 5.74) is 3.58. The molecule has 0 radical (unpaired) electrons. The minimum absolute atomic E-state index is 0.0771. The predicted molar refractivity (Wildman–Crippen MR) is 133 cm³/mol. The molecule has 2 atom stereocenters. The van der Waals surface area contributed by atoms with E-state index in [4.69, 9.17) is 23.8 Å². The second kappa shape index (κ2) is 8.65. The number of aromatic nitrogens is 2. The van der Waals surface area contributed by atoms with Gasteiger partial charge < -0.3 is 14.8 Å². The van der Waals surface area contributed by atoms with Crippen LogP contribution in [-0.2, 0) is 0 Å². The van der Waals surface area contributed by atoms with Gasteiger partial charge in [-0.15, -0.1) is 0 Å². The number of rotatable bonds is 4. The second-order valence-electron chi connectivity index (χ2n) is 7.37. The van der Waals surface area contributed by atoms with Gasteiger partial charge in [0, 0.05) is 33.9 Å². The van der Waals surface area contributed by atoms with Gasteiger partial charge in [-0.25, -0.2) is 4.39 Å². The smallest absolute Gasteiger partial charge is 0.174 e. The van der Waals surface area contributed by atoms with E-state index in [1.807, 2.05) is 65.4 Å². The van der Waals surface area contributed by atoms with Crippen LogP contribution < -0.4 is 10.2 Å². The predicted octanol–water partition coefficient (Wildman–Crippen LogP) is 6.60. The Morgan fingerprint density at radius 3 is 2.50 bits per heavy atom. The van der Waals surface area contributed by atoms with Crippen LogP contribution in [0, 0.1) is 5.82 Å². The van der Waals surface area contributed by atoms with Gasteiger partial charge in [0.2, 0.25) is 0 Å². The van der Waals surface area contributed by atoms with E-state index in [1.54, 1.807) is 18.3 Å². The highest BCUT2D eigenvalue weighted by Gasteiger charge is 2.42. The maximum atomic E-state index is 13.8. The molecule has 3 heterocycles. The van der Waals surface area contributed by atoms with Crippen molar-refractivity contribution in [3.63, 3.8) is 0 Å². The standard InChI is InChI=1S/C24H17BrClFN4S/c25-15-6-8-16(9-7-15)31-23(22(29-24(31)32)20-4-1-2-12-28-20)21-5-3-13-30(21)17-10-11-19(27)18(26)14-17/h1-14,22-23H,(H,29,32)/t22-,23-/m1/s1. The zero-order chi connectivity index (χ0) is 22.2. The van der Waals surface area contributed by atoms with Gasteiger partial charge in [-0.05, 0) is 78.9 Å². The molecule has 160 valence electrons. The second-order valence-corrected chi connectivity index (χ2v) is 9.08. The van der Waals surface area contributed by atoms with E-state index in [0.717, 1.165) is 27.2 Å². The molecular weight excluding hydrogens is 511 g/mol. The van der Waals surface area contributed by atoms with Crippen LogP contribution in [0.25, 0.3) is 5.69 Å². The summed E-state index contributed by atoms with van der Waals surface area (Å²) in [5, 5.41) is 4.14. The van der Waals surface area contributed by atoms with Crippen molar-refractivity contribution >= 4 is 50.5 Å². The first-order valence-corrected chi connectivity index (χ1v) is 11.5. The average Bonchev–Trinajstić information content (AvgIpc) is 3.41. The van der Waals surface area contributed by atoms with E-state index in [0.29, 0.717) is 5.11 Å². The summed E-state index contributed by atoms with van der Waals surface area (Å²) in [6, 6.07) is 22.2. The summed E-state index contributed by atoms with van der Waals surface area (Å²) in [5.74, 6) is -0.448. The largest absolute Gasteiger partial charge is 0.351 e. The van der Waals surface area contributed by atoms with E-state index in [9.17, 15) is 4.39 Å². The summed E-state index contributed by atoms with van der Waals surface area (Å²) in [7, 11) is 0. The Morgan fingerprint density at radius 2 is 1.78 bits per heavy atom. The van der Waals surface area contributed by atoms with E-state index in [-0.39, 0.29) is 17.1 Å². The van der Waals surface area contributed by atoms with Crippen molar-refractivity contribution in [1.82, 2.24) is 14.9 Å². The van der Waals surface area contributed by atoms with Crippen molar-refractivity contribution < 1.29 is 4.39 Å². The molecule has 0 aliphatic carbocycles. The van der Waals surface area contributed by atoms with Crippen molar-refractivity contribution in [2.45, 2.75) is 12.1 Å². The Kier molecular flexibility index (Phi) is 5.71. The Morgan fingerprint density at radius 1 is 1.00 bits per heavy atom. The molecule has 32 heavy (non-hydrogen) atoms. The Labute approximate surface area is 203 Å². The molecule has 1 aliphatic rings. The number of nitrogens with one attached hydrogen (secondary N) is 1. The lowest BCUT2D eigenvalue weighted by molar-refractivity contribution is 0.549. The van der Waals surface area contributed by atoms with Crippen molar-refractivity contribution in [2.24, 2.45) is 0 Å². The summed E-state index contributed by atoms with van der Waals surface area (Å²) >= 11 is 15.4. The van der Waals surface area contributed by atoms with Gasteiger partial charge >= 0.3 is 0 Å². The van der Waals surface area contributed by atoms with E-state index in [2.05, 4.69) is 31.1 Å². The maximum absolute atomic E-state index is 13.8. The van der Waals surface area contributed by atoms with E-state index in [1.165, 1.54) is 6.07 Å². The van der Waals surface area contributed by atoms with Crippen molar-refractivity contribution in [3.05, 3.63) is 112 Å². The number of nitrogens with zero attached hydrogens (tertiary/aromatic N) is 3. The fourth-order valence-electron chi connectivity index (χ4n) is 4.04. The maximum Gasteiger partial charge on any atom is 0.174 e. The number of hydrogen-bond donors (Lipinski definition) is 1. The molecule has 1 aliphatic heterocycles. The minimum atomic E-state index is -0.448. The molecule has 2 aromatic heterocycles. The molecule has 0 amide bonds. The third-order valence-electron chi connectivity index (χ3n) is 5.47. The summed E-state index contributed by atoms with van der Waals surface area (Å²) in [4.78, 5) is 6.68. The molecule has 0 bridgehead atoms. The van der Waals surface area contributed by atoms with Crippen LogP contribution in [0.1, 0.15) is 23.5 Å². The quantitative estimate of drug-likeness (QED) is 0.303. The molecule has 4 aromatic rings. The topological polar surface area (TPSA) is 33.1 Å². The molecular formula is C24H17BrClFN4S. The van der Waals surface area contributed by atoms with Crippen LogP contribution in [-0.4, -0.2) is 14.7 Å². The fourth-order valence-corrected chi connectivity index (χ4v) is 4.83. The van der Waals surface area contributed by atoms with Gasteiger partial charge in [-0.3, -0.25) is 4.98 Å². The lowest BCUT2D eigenvalue weighted by Crippen LogP contribution is -2.30. The van der Waals surface area contributed by atoms with Gasteiger partial charge in [0.1, 0.15) is 11.9 Å². The highest BCUT2D eigenvalue weighted by molar-refractivity contribution is 9.10. The summed E-state index contributed by atoms with van der Waals surface area (Å²) in [6.45, 7) is 0. The molecule has 0 unspecified atom stereocenters. The molecule has 5 rings (SSSR count). The lowest BCUT2D eigenvalue weighted by Gasteiger charge is -2.29. The zero-order valence-electron chi connectivity index (χ0n) is 16.6. The van der Waals surface area contributed by atoms with Crippen LogP contribution >= 0.6 is 39.7 Å². The van der Waals surface area contributed by atoms with Crippen molar-refractivity contribution in [1.29, 1.82) is 0 Å². The van der Waals surface area contributed by atoms with E-state index >= 15 is 0 Å². The number of pyridine rings is 1. The Bertz CT molecular complexity index is 1280. The monoisotopic (exact) mass is 526 g/mol. The van der Waals surface area contributed by atoms with Crippen LogP contribution in [0.3, 0.4) is 0 Å². The number of anilines is 1. The van der Waals surface area contributed by atoms with Gasteiger partial charge in [0.25, 0.3) is 0 Å². The van der Waals surface area contributed by atoms with Crippen LogP contribution in [0.2, 0.25) is 5.02 Å². The first-order valence-electron chi connectivity index (χ1n) is 9.92. The van der Waals surface area contributed by atoms with Gasteiger partial charge in [-0.1, -0.05) is 33.6 Å². The summed E-state index contributed by atoms with van der Waals surface area (Å²) in [6.07, 6.45) is 3.72. The molecule has 1 saturated heterocycles. The Hall–Kier alpha value is -2.74. The first kappa shape index (κ1) is 21.1. The molecule has 1 N–H and O–H groups in total. The average molecular weight is 528 g/mol. The summed E-state index contributed by atoms with van der Waals surface area (Å²) < 4.78 is 16.8. The SMILES string of the molecule is Fc1ccc(-n2cccc2[C@@H]2[C@@H](c3ccccn3)NC(=S)N2c2ccc(Br)cc2)cc1Cl. The van der Waals surface area contributed by atoms with Crippen LogP contribution in [0.4, 0.5) is 10.1 Å². The molecule has 0 saturated carbocycles. The minimum Gasteiger partial charge on any atom is -0.351 e. The Balaban J connectivity index is 1.67. The first-order chi connectivity index (χ1) is 15.5. The van der Waals surface area contributed by atoms with Gasteiger partial charge in [0.15, 0.2) is 5.11 Å². The number of benzene rings is 2. The highest BCUT2D eigenvalue weighted by atomic mass is 79.9. The van der Waals surface area contributed by atoms with Gasteiger partial charge in [0.05, 0.1) is 16.8 Å². The molecule has 1 fully saturated rings. The van der Waals surface area contributed by atoms with Crippen LogP contribution in [0.5, 0.6) is 0 Å². The third-order valence-corrected chi connectivity index (χ3v) is 6.60. The normalized spacial score (nSPS) is 18.1. The van der Waals surface area contributed by atoms with E-state index < -0.39 is 5.82 Å². The highest BCUT2D eigenvalue weighted by Crippen LogP contribution is 2.42. The number of halogens is 3.